The molecule has 0 bridgehead atoms. The first-order valence-electron chi connectivity index (χ1n) is 12.8. The van der Waals surface area contributed by atoms with Gasteiger partial charge in [0.25, 0.3) is 0 Å². The Hall–Kier alpha value is -2.57. The number of carbonyl (C=O) groups is 1. The van der Waals surface area contributed by atoms with Gasteiger partial charge in [0.15, 0.2) is 0 Å². The second kappa shape index (κ2) is 11.4. The predicted molar refractivity (Wildman–Crippen MR) is 138 cm³/mol. The molecule has 2 aliphatic rings. The number of rotatable bonds is 9. The monoisotopic (exact) mass is 480 g/mol. The Bertz CT molecular complexity index is 923. The third kappa shape index (κ3) is 7.21. The summed E-state index contributed by atoms with van der Waals surface area (Å²) in [5.41, 5.74) is 0.808. The zero-order valence-electron chi connectivity index (χ0n) is 21.6. The fourth-order valence-electron chi connectivity index (χ4n) is 4.99. The summed E-state index contributed by atoms with van der Waals surface area (Å²) in [6.45, 7) is 9.01. The summed E-state index contributed by atoms with van der Waals surface area (Å²) in [6, 6.07) is 20.8. The molecular formula is C29H40N2O4. The Morgan fingerprint density at radius 1 is 1.03 bits per heavy atom. The zero-order chi connectivity index (χ0) is 24.8. The van der Waals surface area contributed by atoms with Gasteiger partial charge in [-0.2, -0.15) is 0 Å². The molecule has 0 spiro atoms. The highest BCUT2D eigenvalue weighted by molar-refractivity contribution is 5.70. The number of likely N-dealkylation sites (tertiary alicyclic amines) is 1. The minimum Gasteiger partial charge on any atom is -0.491 e. The van der Waals surface area contributed by atoms with Crippen LogP contribution in [0.5, 0.6) is 5.75 Å². The van der Waals surface area contributed by atoms with Crippen LogP contribution in [0, 0.1) is 0 Å². The molecule has 190 valence electrons. The number of nitrogens with zero attached hydrogens (tertiary/aromatic N) is 2. The van der Waals surface area contributed by atoms with Crippen LogP contribution in [0.3, 0.4) is 0 Å². The molecule has 4 rings (SSSR count). The Labute approximate surface area is 210 Å². The topological polar surface area (TPSA) is 51.2 Å². The molecular weight excluding hydrogens is 440 g/mol. The quantitative estimate of drug-likeness (QED) is 0.485. The maximum atomic E-state index is 13.3. The highest BCUT2D eigenvalue weighted by atomic mass is 16.6. The minimum atomic E-state index is -0.502. The summed E-state index contributed by atoms with van der Waals surface area (Å²) in [7, 11) is 1.74. The van der Waals surface area contributed by atoms with Crippen molar-refractivity contribution in [3.05, 3.63) is 66.2 Å². The van der Waals surface area contributed by atoms with E-state index < -0.39 is 5.60 Å². The van der Waals surface area contributed by atoms with Crippen LogP contribution >= 0.6 is 0 Å². The molecule has 1 heterocycles. The molecule has 0 aromatic heterocycles. The van der Waals surface area contributed by atoms with Crippen molar-refractivity contribution in [3.63, 3.8) is 0 Å². The van der Waals surface area contributed by atoms with Gasteiger partial charge < -0.3 is 24.0 Å². The van der Waals surface area contributed by atoms with Crippen molar-refractivity contribution in [2.75, 3.05) is 33.4 Å². The van der Waals surface area contributed by atoms with Crippen LogP contribution in [0.15, 0.2) is 60.7 Å². The van der Waals surface area contributed by atoms with E-state index in [9.17, 15) is 4.79 Å². The van der Waals surface area contributed by atoms with Crippen LogP contribution in [0.25, 0.3) is 0 Å². The Morgan fingerprint density at radius 3 is 2.26 bits per heavy atom. The van der Waals surface area contributed by atoms with Crippen molar-refractivity contribution >= 4 is 6.09 Å². The van der Waals surface area contributed by atoms with Gasteiger partial charge in [0, 0.05) is 44.7 Å². The Morgan fingerprint density at radius 2 is 1.66 bits per heavy atom. The molecule has 2 fully saturated rings. The summed E-state index contributed by atoms with van der Waals surface area (Å²) >= 11 is 0. The lowest BCUT2D eigenvalue weighted by Gasteiger charge is -2.40. The van der Waals surface area contributed by atoms with Gasteiger partial charge in [-0.3, -0.25) is 0 Å². The molecule has 1 aliphatic heterocycles. The van der Waals surface area contributed by atoms with E-state index in [-0.39, 0.29) is 24.3 Å². The van der Waals surface area contributed by atoms with Crippen molar-refractivity contribution < 1.29 is 19.0 Å². The fraction of sp³-hybridized carbons (Fsp3) is 0.552. The summed E-state index contributed by atoms with van der Waals surface area (Å²) in [6.07, 6.45) is 2.71. The largest absolute Gasteiger partial charge is 0.491 e. The smallest absolute Gasteiger partial charge is 0.410 e. The van der Waals surface area contributed by atoms with Crippen LogP contribution in [-0.4, -0.2) is 73.0 Å². The molecule has 6 nitrogen and oxygen atoms in total. The maximum Gasteiger partial charge on any atom is 0.410 e. The van der Waals surface area contributed by atoms with E-state index in [0.29, 0.717) is 12.5 Å². The number of piperidine rings is 1. The summed E-state index contributed by atoms with van der Waals surface area (Å²) in [4.78, 5) is 17.8. The molecule has 0 N–H and O–H groups in total. The van der Waals surface area contributed by atoms with Crippen LogP contribution in [-0.2, 0) is 9.47 Å². The molecule has 3 atom stereocenters. The van der Waals surface area contributed by atoms with Gasteiger partial charge >= 0.3 is 6.09 Å². The van der Waals surface area contributed by atoms with E-state index >= 15 is 0 Å². The van der Waals surface area contributed by atoms with Crippen LogP contribution in [0.4, 0.5) is 4.79 Å². The number of para-hydroxylation sites is 1. The molecule has 3 unspecified atom stereocenters. The average molecular weight is 481 g/mol. The molecule has 1 amide bonds. The van der Waals surface area contributed by atoms with Crippen LogP contribution in [0.2, 0.25) is 0 Å². The van der Waals surface area contributed by atoms with Crippen LogP contribution < -0.4 is 4.74 Å². The molecule has 1 saturated heterocycles. The zero-order valence-corrected chi connectivity index (χ0v) is 21.6. The van der Waals surface area contributed by atoms with Crippen molar-refractivity contribution in [3.8, 4) is 5.75 Å². The van der Waals surface area contributed by atoms with Gasteiger partial charge in [-0.1, -0.05) is 48.5 Å². The van der Waals surface area contributed by atoms with Gasteiger partial charge in [0.1, 0.15) is 24.1 Å². The number of ether oxygens (including phenoxy) is 3. The number of carbonyl (C=O) groups excluding carboxylic acids is 1. The molecule has 2 aromatic rings. The molecule has 1 aliphatic carbocycles. The van der Waals surface area contributed by atoms with Crippen molar-refractivity contribution in [1.29, 1.82) is 0 Å². The lowest BCUT2D eigenvalue weighted by molar-refractivity contribution is -0.00405. The van der Waals surface area contributed by atoms with E-state index in [1.165, 1.54) is 5.56 Å². The Balaban J connectivity index is 1.33. The van der Waals surface area contributed by atoms with E-state index in [2.05, 4.69) is 34.1 Å². The van der Waals surface area contributed by atoms with E-state index in [0.717, 1.165) is 44.6 Å². The number of amides is 1. The first-order valence-corrected chi connectivity index (χ1v) is 12.8. The van der Waals surface area contributed by atoms with Gasteiger partial charge in [-0.15, -0.1) is 0 Å². The first kappa shape index (κ1) is 25.5. The third-order valence-corrected chi connectivity index (χ3v) is 6.87. The second-order valence-electron chi connectivity index (χ2n) is 10.7. The highest BCUT2D eigenvalue weighted by Gasteiger charge is 2.48. The minimum absolute atomic E-state index is 0.000363. The number of benzene rings is 2. The number of hydrogen-bond acceptors (Lipinski definition) is 5. The molecule has 2 aromatic carbocycles. The third-order valence-electron chi connectivity index (χ3n) is 6.87. The Kier molecular flexibility index (Phi) is 8.34. The summed E-state index contributed by atoms with van der Waals surface area (Å²) in [5, 5.41) is 0. The van der Waals surface area contributed by atoms with Gasteiger partial charge in [0.05, 0.1) is 0 Å². The maximum absolute atomic E-state index is 13.3. The van der Waals surface area contributed by atoms with E-state index in [4.69, 9.17) is 14.2 Å². The average Bonchev–Trinajstić information content (AvgIpc) is 3.63. The van der Waals surface area contributed by atoms with Crippen molar-refractivity contribution in [1.82, 2.24) is 9.80 Å². The standard InChI is InChI=1S/C29H40N2O4/c1-29(2,3)35-28(32)31(27-19-26(27)22-11-7-5-8-12-22)23-15-17-30(18-16-23)20-25(33-4)21-34-24-13-9-6-10-14-24/h5-14,23,25-27H,15-21H2,1-4H3. The fourth-order valence-corrected chi connectivity index (χ4v) is 4.99. The lowest BCUT2D eigenvalue weighted by Crippen LogP contribution is -2.51. The molecule has 35 heavy (non-hydrogen) atoms. The van der Waals surface area contributed by atoms with Gasteiger partial charge in [0.2, 0.25) is 0 Å². The number of methoxy groups -OCH3 is 1. The van der Waals surface area contributed by atoms with Gasteiger partial charge in [-0.05, 0) is 57.7 Å². The van der Waals surface area contributed by atoms with Crippen LogP contribution in [0.1, 0.15) is 51.5 Å². The normalized spacial score (nSPS) is 21.8. The second-order valence-corrected chi connectivity index (χ2v) is 10.7. The highest BCUT2D eigenvalue weighted by Crippen LogP contribution is 2.46. The number of hydrogen-bond donors (Lipinski definition) is 0. The molecule has 1 saturated carbocycles. The molecule has 6 heteroatoms. The predicted octanol–water partition coefficient (Wildman–Crippen LogP) is 5.34. The summed E-state index contributed by atoms with van der Waals surface area (Å²) < 4.78 is 17.5. The van der Waals surface area contributed by atoms with Crippen molar-refractivity contribution in [2.45, 2.75) is 69.7 Å². The summed E-state index contributed by atoms with van der Waals surface area (Å²) in [5.74, 6) is 1.26. The first-order chi connectivity index (χ1) is 16.8. The van der Waals surface area contributed by atoms with E-state index in [1.54, 1.807) is 7.11 Å². The SMILES string of the molecule is COC(COc1ccccc1)CN1CCC(N(C(=O)OC(C)(C)C)C2CC2c2ccccc2)CC1. The van der Waals surface area contributed by atoms with E-state index in [1.807, 2.05) is 57.2 Å². The molecule has 0 radical (unpaired) electrons. The van der Waals surface area contributed by atoms with Gasteiger partial charge in [-0.25, -0.2) is 4.79 Å². The lowest BCUT2D eigenvalue weighted by atomic mass is 10.0. The van der Waals surface area contributed by atoms with Crippen molar-refractivity contribution in [2.24, 2.45) is 0 Å².